The van der Waals surface area contributed by atoms with Gasteiger partial charge in [0.25, 0.3) is 0 Å². The van der Waals surface area contributed by atoms with Gasteiger partial charge in [-0.3, -0.25) is 9.78 Å². The first-order valence-electron chi connectivity index (χ1n) is 4.39. The molecule has 1 N–H and O–H groups in total. The van der Waals surface area contributed by atoms with Crippen LogP contribution in [0.2, 0.25) is 0 Å². The standard InChI is InChI=1S/C10H7N3O3/c14-5-7-3-8(1-2-11-7)13-4-9(10(15)16)12-6-13/h1-6H,(H,15,16). The molecule has 6 heteroatoms. The molecule has 0 saturated carbocycles. The van der Waals surface area contributed by atoms with Gasteiger partial charge in [0, 0.05) is 12.4 Å². The molecule has 0 aromatic carbocycles. The normalized spacial score (nSPS) is 10.0. The highest BCUT2D eigenvalue weighted by molar-refractivity contribution is 5.85. The predicted molar refractivity (Wildman–Crippen MR) is 53.7 cm³/mol. The molecule has 0 atom stereocenters. The molecule has 0 unspecified atom stereocenters. The lowest BCUT2D eigenvalue weighted by Crippen LogP contribution is -1.96. The van der Waals surface area contributed by atoms with Crippen molar-refractivity contribution in [1.29, 1.82) is 0 Å². The Balaban J connectivity index is 2.42. The number of carbonyl (C=O) groups excluding carboxylic acids is 1. The monoisotopic (exact) mass is 217 g/mol. The van der Waals surface area contributed by atoms with Gasteiger partial charge in [-0.2, -0.15) is 0 Å². The van der Waals surface area contributed by atoms with Gasteiger partial charge >= 0.3 is 5.97 Å². The van der Waals surface area contributed by atoms with Crippen molar-refractivity contribution < 1.29 is 14.7 Å². The summed E-state index contributed by atoms with van der Waals surface area (Å²) in [7, 11) is 0. The van der Waals surface area contributed by atoms with Crippen LogP contribution in [0, 0.1) is 0 Å². The van der Waals surface area contributed by atoms with E-state index in [-0.39, 0.29) is 11.4 Å². The smallest absolute Gasteiger partial charge is 0.356 e. The summed E-state index contributed by atoms with van der Waals surface area (Å²) in [6, 6.07) is 3.20. The Bertz CT molecular complexity index is 548. The minimum Gasteiger partial charge on any atom is -0.476 e. The van der Waals surface area contributed by atoms with Gasteiger partial charge in [0.2, 0.25) is 0 Å². The maximum atomic E-state index is 10.6. The Morgan fingerprint density at radius 2 is 2.25 bits per heavy atom. The Morgan fingerprint density at radius 1 is 1.44 bits per heavy atom. The van der Waals surface area contributed by atoms with Crippen molar-refractivity contribution in [2.45, 2.75) is 0 Å². The molecule has 80 valence electrons. The molecule has 6 nitrogen and oxygen atoms in total. The number of carbonyl (C=O) groups is 2. The van der Waals surface area contributed by atoms with E-state index in [1.165, 1.54) is 23.3 Å². The molecule has 0 aliphatic carbocycles. The van der Waals surface area contributed by atoms with Gasteiger partial charge in [0.15, 0.2) is 12.0 Å². The average molecular weight is 217 g/mol. The Labute approximate surface area is 90.2 Å². The highest BCUT2D eigenvalue weighted by Gasteiger charge is 2.07. The number of aldehydes is 1. The van der Waals surface area contributed by atoms with E-state index in [4.69, 9.17) is 5.11 Å². The maximum Gasteiger partial charge on any atom is 0.356 e. The van der Waals surface area contributed by atoms with Gasteiger partial charge in [-0.1, -0.05) is 0 Å². The number of carboxylic acids is 1. The number of aromatic nitrogens is 3. The van der Waals surface area contributed by atoms with Crippen LogP contribution >= 0.6 is 0 Å². The van der Waals surface area contributed by atoms with Crippen LogP contribution in [-0.4, -0.2) is 31.9 Å². The van der Waals surface area contributed by atoms with Crippen molar-refractivity contribution >= 4 is 12.3 Å². The molecule has 0 aliphatic heterocycles. The molecule has 0 fully saturated rings. The van der Waals surface area contributed by atoms with Crippen molar-refractivity contribution in [3.05, 3.63) is 42.2 Å². The van der Waals surface area contributed by atoms with E-state index in [0.29, 0.717) is 12.0 Å². The summed E-state index contributed by atoms with van der Waals surface area (Å²) >= 11 is 0. The van der Waals surface area contributed by atoms with Crippen molar-refractivity contribution in [2.24, 2.45) is 0 Å². The highest BCUT2D eigenvalue weighted by Crippen LogP contribution is 2.08. The molecular formula is C10H7N3O3. The van der Waals surface area contributed by atoms with Crippen LogP contribution in [0.15, 0.2) is 30.9 Å². The minimum absolute atomic E-state index is 0.0514. The van der Waals surface area contributed by atoms with Crippen molar-refractivity contribution in [2.75, 3.05) is 0 Å². The van der Waals surface area contributed by atoms with Crippen LogP contribution in [0.5, 0.6) is 0 Å². The zero-order valence-corrected chi connectivity index (χ0v) is 8.07. The summed E-state index contributed by atoms with van der Waals surface area (Å²) in [6.45, 7) is 0. The highest BCUT2D eigenvalue weighted by atomic mass is 16.4. The van der Waals surface area contributed by atoms with E-state index in [1.54, 1.807) is 12.1 Å². The summed E-state index contributed by atoms with van der Waals surface area (Å²) in [5, 5.41) is 8.70. The molecule has 0 radical (unpaired) electrons. The predicted octanol–water partition coefficient (Wildman–Crippen LogP) is 0.778. The lowest BCUT2D eigenvalue weighted by Gasteiger charge is -2.00. The van der Waals surface area contributed by atoms with Gasteiger partial charge < -0.3 is 9.67 Å². The minimum atomic E-state index is -1.09. The Morgan fingerprint density at radius 3 is 2.88 bits per heavy atom. The third-order valence-corrected chi connectivity index (χ3v) is 1.99. The van der Waals surface area contributed by atoms with Crippen LogP contribution in [0.4, 0.5) is 0 Å². The van der Waals surface area contributed by atoms with Crippen molar-refractivity contribution in [1.82, 2.24) is 14.5 Å². The van der Waals surface area contributed by atoms with Gasteiger partial charge in [-0.05, 0) is 12.1 Å². The molecular weight excluding hydrogens is 210 g/mol. The van der Waals surface area contributed by atoms with Gasteiger partial charge in [-0.25, -0.2) is 9.78 Å². The van der Waals surface area contributed by atoms with E-state index in [0.717, 1.165) is 0 Å². The second kappa shape index (κ2) is 3.93. The summed E-state index contributed by atoms with van der Waals surface area (Å²) in [6.07, 6.45) is 4.83. The van der Waals surface area contributed by atoms with Crippen LogP contribution in [0.1, 0.15) is 21.0 Å². The van der Waals surface area contributed by atoms with Gasteiger partial charge in [0.05, 0.1) is 5.69 Å². The van der Waals surface area contributed by atoms with Gasteiger partial charge in [0.1, 0.15) is 12.0 Å². The number of aromatic carboxylic acids is 1. The molecule has 2 heterocycles. The molecule has 0 amide bonds. The lowest BCUT2D eigenvalue weighted by molar-refractivity contribution is 0.0691. The number of rotatable bonds is 3. The Kier molecular flexibility index (Phi) is 2.47. The number of hydrogen-bond acceptors (Lipinski definition) is 4. The first-order chi connectivity index (χ1) is 7.70. The summed E-state index contributed by atoms with van der Waals surface area (Å²) in [5.41, 5.74) is 0.865. The van der Waals surface area contributed by atoms with E-state index in [1.807, 2.05) is 0 Å². The van der Waals surface area contributed by atoms with Gasteiger partial charge in [-0.15, -0.1) is 0 Å². The molecule has 0 bridgehead atoms. The molecule has 0 spiro atoms. The molecule has 2 aromatic rings. The lowest BCUT2D eigenvalue weighted by atomic mass is 10.3. The SMILES string of the molecule is O=Cc1cc(-n2cnc(C(=O)O)c2)ccn1. The van der Waals surface area contributed by atoms with Crippen molar-refractivity contribution in [3.63, 3.8) is 0 Å². The second-order valence-corrected chi connectivity index (χ2v) is 3.03. The maximum absolute atomic E-state index is 10.6. The first-order valence-corrected chi connectivity index (χ1v) is 4.39. The second-order valence-electron chi connectivity index (χ2n) is 3.03. The average Bonchev–Trinajstić information content (AvgIpc) is 2.78. The molecule has 2 aromatic heterocycles. The van der Waals surface area contributed by atoms with Crippen LogP contribution in [0.3, 0.4) is 0 Å². The molecule has 0 aliphatic rings. The molecule has 2 rings (SSSR count). The number of pyridine rings is 1. The van der Waals surface area contributed by atoms with E-state index >= 15 is 0 Å². The van der Waals surface area contributed by atoms with E-state index in [9.17, 15) is 9.59 Å². The summed E-state index contributed by atoms with van der Waals surface area (Å²) in [5.74, 6) is -1.09. The van der Waals surface area contributed by atoms with Crippen molar-refractivity contribution in [3.8, 4) is 5.69 Å². The summed E-state index contributed by atoms with van der Waals surface area (Å²) < 4.78 is 1.51. The summed E-state index contributed by atoms with van der Waals surface area (Å²) in [4.78, 5) is 28.7. The third kappa shape index (κ3) is 1.81. The topological polar surface area (TPSA) is 85.1 Å². The number of hydrogen-bond donors (Lipinski definition) is 1. The van der Waals surface area contributed by atoms with Crippen LogP contribution in [-0.2, 0) is 0 Å². The molecule has 16 heavy (non-hydrogen) atoms. The van der Waals surface area contributed by atoms with Crippen LogP contribution in [0.25, 0.3) is 5.69 Å². The number of imidazole rings is 1. The van der Waals surface area contributed by atoms with E-state index in [2.05, 4.69) is 9.97 Å². The fraction of sp³-hybridized carbons (Fsp3) is 0. The first kappa shape index (κ1) is 10.0. The van der Waals surface area contributed by atoms with E-state index < -0.39 is 5.97 Å². The van der Waals surface area contributed by atoms with Crippen LogP contribution < -0.4 is 0 Å². The largest absolute Gasteiger partial charge is 0.476 e. The third-order valence-electron chi connectivity index (χ3n) is 1.99. The fourth-order valence-electron chi connectivity index (χ4n) is 1.24. The number of nitrogens with zero attached hydrogens (tertiary/aromatic N) is 3. The quantitative estimate of drug-likeness (QED) is 0.768. The zero-order chi connectivity index (χ0) is 11.5. The Hall–Kier alpha value is -2.50. The zero-order valence-electron chi connectivity index (χ0n) is 8.07. The molecule has 0 saturated heterocycles. The fourth-order valence-corrected chi connectivity index (χ4v) is 1.24. The number of carboxylic acid groups (broad SMARTS) is 1.